The molecule has 2 aromatic heterocycles. The third-order valence-corrected chi connectivity index (χ3v) is 4.34. The van der Waals surface area contributed by atoms with E-state index in [1.165, 1.54) is 10.6 Å². The summed E-state index contributed by atoms with van der Waals surface area (Å²) in [6.45, 7) is 0.342. The average Bonchev–Trinajstić information content (AvgIpc) is 3.10. The maximum atomic E-state index is 12.5. The van der Waals surface area contributed by atoms with Crippen LogP contribution in [0.15, 0.2) is 65.6 Å². The number of benzene rings is 2. The van der Waals surface area contributed by atoms with Gasteiger partial charge in [0.1, 0.15) is 12.4 Å². The van der Waals surface area contributed by atoms with E-state index in [9.17, 15) is 9.59 Å². The maximum absolute atomic E-state index is 12.5. The predicted octanol–water partition coefficient (Wildman–Crippen LogP) is 3.76. The van der Waals surface area contributed by atoms with Crippen LogP contribution in [-0.2, 0) is 6.61 Å². The quantitative estimate of drug-likeness (QED) is 0.535. The number of fused-ring (bicyclic) bond motifs is 1. The Hall–Kier alpha value is -3.38. The van der Waals surface area contributed by atoms with Gasteiger partial charge in [-0.2, -0.15) is 0 Å². The van der Waals surface area contributed by atoms with E-state index in [0.717, 1.165) is 5.56 Å². The number of pyridine rings is 1. The predicted molar refractivity (Wildman–Crippen MR) is 103 cm³/mol. The van der Waals surface area contributed by atoms with Crippen molar-refractivity contribution in [2.24, 2.45) is 0 Å². The van der Waals surface area contributed by atoms with Gasteiger partial charge >= 0.3 is 0 Å². The number of imidazole rings is 1. The molecule has 0 radical (unpaired) electrons. The van der Waals surface area contributed by atoms with E-state index in [0.29, 0.717) is 40.4 Å². The number of rotatable bonds is 5. The lowest BCUT2D eigenvalue weighted by Gasteiger charge is -2.09. The Morgan fingerprint density at radius 2 is 1.93 bits per heavy atom. The molecule has 0 fully saturated rings. The lowest BCUT2D eigenvalue weighted by atomic mass is 10.2. The van der Waals surface area contributed by atoms with E-state index >= 15 is 0 Å². The summed E-state index contributed by atoms with van der Waals surface area (Å²) in [5, 5.41) is 0.663. The standard InChI is InChI=1S/C20H14ClN3O3/c21-14-3-1-13(2-4-14)12-27-16-7-8-24(20(26)10-16)15-5-6-17-18(9-15)23-19(11-25)22-17/h1-11H,12H2,(H,22,23). The number of H-pyrrole nitrogens is 1. The molecule has 2 aromatic carbocycles. The summed E-state index contributed by atoms with van der Waals surface area (Å²) in [6.07, 6.45) is 2.30. The molecule has 4 rings (SSSR count). The van der Waals surface area contributed by atoms with Crippen molar-refractivity contribution < 1.29 is 9.53 Å². The second-order valence-electron chi connectivity index (χ2n) is 5.93. The number of carbonyl (C=O) groups is 1. The molecule has 0 saturated heterocycles. The third-order valence-electron chi connectivity index (χ3n) is 4.08. The van der Waals surface area contributed by atoms with Gasteiger partial charge in [-0.1, -0.05) is 23.7 Å². The first-order valence-electron chi connectivity index (χ1n) is 8.18. The van der Waals surface area contributed by atoms with Crippen LogP contribution in [0.1, 0.15) is 16.2 Å². The van der Waals surface area contributed by atoms with Gasteiger partial charge in [0.15, 0.2) is 12.1 Å². The normalized spacial score (nSPS) is 10.9. The molecule has 0 amide bonds. The molecule has 0 spiro atoms. The highest BCUT2D eigenvalue weighted by molar-refractivity contribution is 6.30. The van der Waals surface area contributed by atoms with Crippen molar-refractivity contribution in [3.8, 4) is 11.4 Å². The first-order chi connectivity index (χ1) is 13.1. The number of carbonyl (C=O) groups excluding carboxylic acids is 1. The van der Waals surface area contributed by atoms with Crippen molar-refractivity contribution in [1.29, 1.82) is 0 Å². The van der Waals surface area contributed by atoms with Crippen molar-refractivity contribution in [1.82, 2.24) is 14.5 Å². The molecule has 6 nitrogen and oxygen atoms in total. The molecule has 0 atom stereocenters. The Bertz CT molecular complexity index is 1180. The molecule has 0 unspecified atom stereocenters. The molecule has 4 aromatic rings. The van der Waals surface area contributed by atoms with Crippen LogP contribution in [-0.4, -0.2) is 20.8 Å². The van der Waals surface area contributed by atoms with Crippen LogP contribution in [0.5, 0.6) is 5.75 Å². The summed E-state index contributed by atoms with van der Waals surface area (Å²) in [4.78, 5) is 30.3. The molecular weight excluding hydrogens is 366 g/mol. The molecule has 0 saturated carbocycles. The van der Waals surface area contributed by atoms with Gasteiger partial charge in [0.05, 0.1) is 16.7 Å². The monoisotopic (exact) mass is 379 g/mol. The van der Waals surface area contributed by atoms with Crippen molar-refractivity contribution in [3.63, 3.8) is 0 Å². The van der Waals surface area contributed by atoms with Crippen molar-refractivity contribution in [2.45, 2.75) is 6.61 Å². The van der Waals surface area contributed by atoms with Crippen LogP contribution >= 0.6 is 11.6 Å². The number of aromatic amines is 1. The van der Waals surface area contributed by atoms with Gasteiger partial charge in [-0.25, -0.2) is 4.98 Å². The topological polar surface area (TPSA) is 77.0 Å². The summed E-state index contributed by atoms with van der Waals surface area (Å²) in [7, 11) is 0. The molecule has 134 valence electrons. The number of nitrogens with one attached hydrogen (secondary N) is 1. The molecule has 0 aliphatic carbocycles. The summed E-state index contributed by atoms with van der Waals surface area (Å²) < 4.78 is 7.18. The summed E-state index contributed by atoms with van der Waals surface area (Å²) >= 11 is 5.86. The number of aldehydes is 1. The molecule has 7 heteroatoms. The second-order valence-corrected chi connectivity index (χ2v) is 6.36. The minimum Gasteiger partial charge on any atom is -0.489 e. The van der Waals surface area contributed by atoms with Crippen LogP contribution in [0.25, 0.3) is 16.7 Å². The van der Waals surface area contributed by atoms with Crippen molar-refractivity contribution in [3.05, 3.63) is 87.6 Å². The zero-order valence-electron chi connectivity index (χ0n) is 14.1. The van der Waals surface area contributed by atoms with Gasteiger partial charge in [-0.3, -0.25) is 14.2 Å². The van der Waals surface area contributed by atoms with Crippen molar-refractivity contribution in [2.75, 3.05) is 0 Å². The maximum Gasteiger partial charge on any atom is 0.258 e. The Morgan fingerprint density at radius 3 is 2.67 bits per heavy atom. The van der Waals surface area contributed by atoms with E-state index in [1.54, 1.807) is 42.6 Å². The Morgan fingerprint density at radius 1 is 1.11 bits per heavy atom. The fraction of sp³-hybridized carbons (Fsp3) is 0.0500. The third kappa shape index (κ3) is 3.61. The van der Waals surface area contributed by atoms with Crippen LogP contribution in [0.3, 0.4) is 0 Å². The Labute approximate surface area is 159 Å². The van der Waals surface area contributed by atoms with Gasteiger partial charge in [-0.05, 0) is 42.0 Å². The zero-order chi connectivity index (χ0) is 18.8. The highest BCUT2D eigenvalue weighted by Gasteiger charge is 2.06. The lowest BCUT2D eigenvalue weighted by Crippen LogP contribution is -2.16. The SMILES string of the molecule is O=Cc1nc2ccc(-n3ccc(OCc4ccc(Cl)cc4)cc3=O)cc2[nH]1. The first kappa shape index (κ1) is 17.1. The van der Waals surface area contributed by atoms with Gasteiger partial charge in [0.25, 0.3) is 5.56 Å². The van der Waals surface area contributed by atoms with Gasteiger partial charge in [0.2, 0.25) is 0 Å². The fourth-order valence-electron chi connectivity index (χ4n) is 2.73. The fourth-order valence-corrected chi connectivity index (χ4v) is 2.86. The average molecular weight is 380 g/mol. The van der Waals surface area contributed by atoms with Gasteiger partial charge in [-0.15, -0.1) is 0 Å². The van der Waals surface area contributed by atoms with Crippen LogP contribution in [0, 0.1) is 0 Å². The Kier molecular flexibility index (Phi) is 4.48. The smallest absolute Gasteiger partial charge is 0.258 e. The summed E-state index contributed by atoms with van der Waals surface area (Å²) in [5.41, 5.74) is 2.75. The number of hydrogen-bond acceptors (Lipinski definition) is 4. The zero-order valence-corrected chi connectivity index (χ0v) is 14.8. The lowest BCUT2D eigenvalue weighted by molar-refractivity contribution is 0.111. The van der Waals surface area contributed by atoms with Crippen molar-refractivity contribution >= 4 is 28.9 Å². The van der Waals surface area contributed by atoms with Crippen LogP contribution in [0.4, 0.5) is 0 Å². The van der Waals surface area contributed by atoms with Gasteiger partial charge in [0, 0.05) is 17.3 Å². The number of hydrogen-bond donors (Lipinski definition) is 1. The summed E-state index contributed by atoms with van der Waals surface area (Å²) in [5.74, 6) is 0.734. The molecule has 0 aliphatic heterocycles. The number of aromatic nitrogens is 3. The molecular formula is C20H14ClN3O3. The number of nitrogens with zero attached hydrogens (tertiary/aromatic N) is 2. The molecule has 0 aliphatic rings. The van der Waals surface area contributed by atoms with E-state index in [1.807, 2.05) is 12.1 Å². The molecule has 1 N–H and O–H groups in total. The van der Waals surface area contributed by atoms with Gasteiger partial charge < -0.3 is 9.72 Å². The second kappa shape index (κ2) is 7.09. The molecule has 0 bridgehead atoms. The first-order valence-corrected chi connectivity index (χ1v) is 8.55. The van der Waals surface area contributed by atoms with Crippen LogP contribution in [0.2, 0.25) is 5.02 Å². The van der Waals surface area contributed by atoms with E-state index < -0.39 is 0 Å². The van der Waals surface area contributed by atoms with E-state index in [2.05, 4.69) is 9.97 Å². The number of ether oxygens (including phenoxy) is 1. The summed E-state index contributed by atoms with van der Waals surface area (Å²) in [6, 6.07) is 15.8. The molecule has 27 heavy (non-hydrogen) atoms. The van der Waals surface area contributed by atoms with E-state index in [-0.39, 0.29) is 11.4 Å². The molecule has 2 heterocycles. The largest absolute Gasteiger partial charge is 0.489 e. The minimum atomic E-state index is -0.224. The highest BCUT2D eigenvalue weighted by Crippen LogP contribution is 2.17. The minimum absolute atomic E-state index is 0.224. The van der Waals surface area contributed by atoms with Crippen LogP contribution < -0.4 is 10.3 Å². The van der Waals surface area contributed by atoms with E-state index in [4.69, 9.17) is 16.3 Å². The number of halogens is 1. The highest BCUT2D eigenvalue weighted by atomic mass is 35.5. The Balaban J connectivity index is 1.57.